The van der Waals surface area contributed by atoms with Crippen LogP contribution < -0.4 is 5.32 Å². The summed E-state index contributed by atoms with van der Waals surface area (Å²) in [5, 5.41) is 2.72. The monoisotopic (exact) mass is 392 g/mol. The van der Waals surface area contributed by atoms with Crippen LogP contribution in [0.5, 0.6) is 0 Å². The molecule has 1 aliphatic rings. The topological polar surface area (TPSA) is 49.4 Å². The Morgan fingerprint density at radius 1 is 1.35 bits per heavy atom. The van der Waals surface area contributed by atoms with Crippen LogP contribution in [0.1, 0.15) is 12.0 Å². The maximum absolute atomic E-state index is 12.8. The standard InChI is InChI=1S/C13H16ClF3N2O2S.ClH/c1-18-7-9-2-3-19(8-9)22(20,21)12-5-10(13(15,16)17)4-11(14)6-12;/h4-6,9,18H,2-3,7-8H2,1H3;1H. The zero-order valence-corrected chi connectivity index (χ0v) is 14.6. The van der Waals surface area contributed by atoms with E-state index in [4.69, 9.17) is 11.6 Å². The lowest BCUT2D eigenvalue weighted by atomic mass is 10.1. The number of hydrogen-bond acceptors (Lipinski definition) is 3. The van der Waals surface area contributed by atoms with Gasteiger partial charge >= 0.3 is 6.18 Å². The summed E-state index contributed by atoms with van der Waals surface area (Å²) in [6.07, 6.45) is -3.97. The van der Waals surface area contributed by atoms with Crippen LogP contribution >= 0.6 is 24.0 Å². The summed E-state index contributed by atoms with van der Waals surface area (Å²) in [5.41, 5.74) is -1.07. The van der Waals surface area contributed by atoms with Crippen molar-refractivity contribution in [2.75, 3.05) is 26.7 Å². The summed E-state index contributed by atoms with van der Waals surface area (Å²) in [6, 6.07) is 2.40. The van der Waals surface area contributed by atoms with Crippen LogP contribution in [0.3, 0.4) is 0 Å². The number of benzene rings is 1. The summed E-state index contributed by atoms with van der Waals surface area (Å²) in [7, 11) is -2.21. The van der Waals surface area contributed by atoms with E-state index in [0.29, 0.717) is 31.6 Å². The molecule has 0 bridgehead atoms. The zero-order chi connectivity index (χ0) is 16.5. The zero-order valence-electron chi connectivity index (χ0n) is 12.2. The number of nitrogens with one attached hydrogen (secondary N) is 1. The van der Waals surface area contributed by atoms with Crippen LogP contribution in [0, 0.1) is 5.92 Å². The van der Waals surface area contributed by atoms with Crippen molar-refractivity contribution in [3.05, 3.63) is 28.8 Å². The van der Waals surface area contributed by atoms with Crippen LogP contribution in [0.2, 0.25) is 5.02 Å². The molecular weight excluding hydrogens is 376 g/mol. The van der Waals surface area contributed by atoms with Gasteiger partial charge < -0.3 is 5.32 Å². The van der Waals surface area contributed by atoms with Crippen LogP contribution in [-0.4, -0.2) is 39.4 Å². The predicted octanol–water partition coefficient (Wildman–Crippen LogP) is 3.01. The fourth-order valence-electron chi connectivity index (χ4n) is 2.50. The third kappa shape index (κ3) is 4.73. The summed E-state index contributed by atoms with van der Waals surface area (Å²) >= 11 is 5.65. The average molecular weight is 393 g/mol. The third-order valence-corrected chi connectivity index (χ3v) is 5.64. The van der Waals surface area contributed by atoms with Crippen molar-refractivity contribution in [3.63, 3.8) is 0 Å². The molecule has 0 amide bonds. The highest BCUT2D eigenvalue weighted by atomic mass is 35.5. The highest BCUT2D eigenvalue weighted by Gasteiger charge is 2.36. The largest absolute Gasteiger partial charge is 0.416 e. The van der Waals surface area contributed by atoms with Crippen molar-refractivity contribution < 1.29 is 21.6 Å². The number of sulfonamides is 1. The molecule has 1 unspecified atom stereocenters. The Labute approximate surface area is 144 Å². The van der Waals surface area contributed by atoms with E-state index >= 15 is 0 Å². The minimum Gasteiger partial charge on any atom is -0.319 e. The highest BCUT2D eigenvalue weighted by molar-refractivity contribution is 7.89. The van der Waals surface area contributed by atoms with Gasteiger partial charge in [-0.05, 0) is 44.1 Å². The summed E-state index contributed by atoms with van der Waals surface area (Å²) < 4.78 is 64.6. The molecule has 1 aliphatic heterocycles. The lowest BCUT2D eigenvalue weighted by molar-refractivity contribution is -0.137. The lowest BCUT2D eigenvalue weighted by Crippen LogP contribution is -2.30. The molecule has 0 spiro atoms. The van der Waals surface area contributed by atoms with Gasteiger partial charge in [-0.3, -0.25) is 0 Å². The summed E-state index contributed by atoms with van der Waals surface area (Å²) in [6.45, 7) is 1.24. The van der Waals surface area contributed by atoms with E-state index in [1.165, 1.54) is 4.31 Å². The van der Waals surface area contributed by atoms with Crippen LogP contribution in [-0.2, 0) is 16.2 Å². The Bertz CT molecular complexity index is 653. The van der Waals surface area contributed by atoms with Crippen molar-refractivity contribution in [2.45, 2.75) is 17.5 Å². The van der Waals surface area contributed by atoms with Gasteiger partial charge in [0.05, 0.1) is 10.5 Å². The number of alkyl halides is 3. The van der Waals surface area contributed by atoms with Crippen LogP contribution in [0.15, 0.2) is 23.1 Å². The predicted molar refractivity (Wildman–Crippen MR) is 84.5 cm³/mol. The SMILES string of the molecule is CNCC1CCN(S(=O)(=O)c2cc(Cl)cc(C(F)(F)F)c2)C1.Cl. The summed E-state index contributed by atoms with van der Waals surface area (Å²) in [5.74, 6) is 0.154. The Kier molecular flexibility index (Phi) is 6.74. The first-order valence-electron chi connectivity index (χ1n) is 6.67. The molecule has 2 rings (SSSR count). The molecule has 10 heteroatoms. The molecule has 1 aromatic rings. The molecular formula is C13H17Cl2F3N2O2S. The molecule has 1 aromatic carbocycles. The normalized spacial score (nSPS) is 19.6. The Morgan fingerprint density at radius 3 is 2.57 bits per heavy atom. The lowest BCUT2D eigenvalue weighted by Gasteiger charge is -2.18. The smallest absolute Gasteiger partial charge is 0.319 e. The van der Waals surface area contributed by atoms with E-state index < -0.39 is 26.7 Å². The van der Waals surface area contributed by atoms with Gasteiger partial charge in [-0.1, -0.05) is 11.6 Å². The Balaban J connectivity index is 0.00000264. The van der Waals surface area contributed by atoms with Crippen LogP contribution in [0.4, 0.5) is 13.2 Å². The van der Waals surface area contributed by atoms with Gasteiger partial charge in [0.2, 0.25) is 10.0 Å². The fourth-order valence-corrected chi connectivity index (χ4v) is 4.40. The second-order valence-electron chi connectivity index (χ2n) is 5.25. The number of hydrogen-bond donors (Lipinski definition) is 1. The van der Waals surface area contributed by atoms with E-state index in [-0.39, 0.29) is 29.9 Å². The van der Waals surface area contributed by atoms with E-state index in [1.54, 1.807) is 7.05 Å². The fraction of sp³-hybridized carbons (Fsp3) is 0.538. The quantitative estimate of drug-likeness (QED) is 0.856. The van der Waals surface area contributed by atoms with Gasteiger partial charge in [-0.25, -0.2) is 8.42 Å². The molecule has 23 heavy (non-hydrogen) atoms. The number of nitrogens with zero attached hydrogens (tertiary/aromatic N) is 1. The first kappa shape index (κ1) is 20.5. The molecule has 1 fully saturated rings. The molecule has 1 saturated heterocycles. The molecule has 132 valence electrons. The third-order valence-electron chi connectivity index (χ3n) is 3.58. The second kappa shape index (κ2) is 7.57. The van der Waals surface area contributed by atoms with E-state index in [0.717, 1.165) is 6.07 Å². The Hall–Kier alpha value is -0.540. The maximum Gasteiger partial charge on any atom is 0.416 e. The van der Waals surface area contributed by atoms with Crippen LogP contribution in [0.25, 0.3) is 0 Å². The van der Waals surface area contributed by atoms with Gasteiger partial charge in [-0.15, -0.1) is 12.4 Å². The van der Waals surface area contributed by atoms with E-state index in [9.17, 15) is 21.6 Å². The van der Waals surface area contributed by atoms with Gasteiger partial charge in [0.1, 0.15) is 0 Å². The van der Waals surface area contributed by atoms with Crippen molar-refractivity contribution in [2.24, 2.45) is 5.92 Å². The first-order valence-corrected chi connectivity index (χ1v) is 8.49. The number of halogens is 5. The van der Waals surface area contributed by atoms with Crippen molar-refractivity contribution in [3.8, 4) is 0 Å². The molecule has 1 atom stereocenters. The van der Waals surface area contributed by atoms with E-state index in [1.807, 2.05) is 0 Å². The van der Waals surface area contributed by atoms with Crippen molar-refractivity contribution in [1.82, 2.24) is 9.62 Å². The van der Waals surface area contributed by atoms with Gasteiger partial charge in [0.15, 0.2) is 0 Å². The molecule has 1 N–H and O–H groups in total. The molecule has 0 aliphatic carbocycles. The molecule has 0 saturated carbocycles. The summed E-state index contributed by atoms with van der Waals surface area (Å²) in [4.78, 5) is -0.419. The Morgan fingerprint density at radius 2 is 2.00 bits per heavy atom. The minimum absolute atomic E-state index is 0. The second-order valence-corrected chi connectivity index (χ2v) is 7.62. The highest BCUT2D eigenvalue weighted by Crippen LogP contribution is 2.34. The van der Waals surface area contributed by atoms with Gasteiger partial charge in [0.25, 0.3) is 0 Å². The van der Waals surface area contributed by atoms with Gasteiger partial charge in [0, 0.05) is 18.1 Å². The van der Waals surface area contributed by atoms with Crippen molar-refractivity contribution in [1.29, 1.82) is 0 Å². The average Bonchev–Trinajstić information content (AvgIpc) is 2.87. The maximum atomic E-state index is 12.8. The molecule has 0 radical (unpaired) electrons. The first-order chi connectivity index (χ1) is 10.1. The molecule has 1 heterocycles. The minimum atomic E-state index is -4.64. The van der Waals surface area contributed by atoms with E-state index in [2.05, 4.69) is 5.32 Å². The van der Waals surface area contributed by atoms with Gasteiger partial charge in [-0.2, -0.15) is 17.5 Å². The molecule has 4 nitrogen and oxygen atoms in total. The van der Waals surface area contributed by atoms with Crippen molar-refractivity contribution >= 4 is 34.0 Å². The molecule has 0 aromatic heterocycles. The number of rotatable bonds is 4.